The minimum absolute atomic E-state index is 0.265. The maximum Gasteiger partial charge on any atom is 0.213 e. The predicted molar refractivity (Wildman–Crippen MR) is 100 cm³/mol. The number of hydrogen-bond acceptors (Lipinski definition) is 5. The van der Waals surface area contributed by atoms with E-state index in [0.717, 1.165) is 34.9 Å². The molecule has 0 spiro atoms. The number of anilines is 2. The highest BCUT2D eigenvalue weighted by atomic mass is 32.1. The van der Waals surface area contributed by atoms with Crippen molar-refractivity contribution in [3.8, 4) is 17.1 Å². The quantitative estimate of drug-likeness (QED) is 0.529. The molecule has 0 aliphatic carbocycles. The van der Waals surface area contributed by atoms with Gasteiger partial charge in [0.05, 0.1) is 24.2 Å². The first-order valence-electron chi connectivity index (χ1n) is 8.32. The highest BCUT2D eigenvalue weighted by molar-refractivity contribution is 7.14. The van der Waals surface area contributed by atoms with Crippen molar-refractivity contribution in [1.82, 2.24) is 9.97 Å². The summed E-state index contributed by atoms with van der Waals surface area (Å²) in [5.74, 6) is 0.361. The molecule has 0 atom stereocenters. The van der Waals surface area contributed by atoms with Crippen LogP contribution in [0.5, 0.6) is 5.88 Å². The Kier molecular flexibility index (Phi) is 5.95. The van der Waals surface area contributed by atoms with Gasteiger partial charge in [-0.2, -0.15) is 0 Å². The van der Waals surface area contributed by atoms with Crippen LogP contribution in [0.2, 0.25) is 0 Å². The summed E-state index contributed by atoms with van der Waals surface area (Å²) in [6, 6.07) is 10.2. The number of pyridine rings is 1. The fraction of sp³-hybridized carbons (Fsp3) is 0.263. The molecule has 2 aromatic heterocycles. The van der Waals surface area contributed by atoms with Crippen LogP contribution in [-0.2, 0) is 0 Å². The molecule has 4 nitrogen and oxygen atoms in total. The molecule has 3 rings (SSSR count). The molecule has 130 valence electrons. The molecule has 0 amide bonds. The SMILES string of the molecule is CCCCCOc1ccc(Nc2nc(-c3cccc(F)c3)cs2)cn1. The number of nitrogens with one attached hydrogen (secondary N) is 1. The lowest BCUT2D eigenvalue weighted by Gasteiger charge is -2.06. The lowest BCUT2D eigenvalue weighted by Crippen LogP contribution is -1.99. The Labute approximate surface area is 150 Å². The van der Waals surface area contributed by atoms with Gasteiger partial charge in [0.15, 0.2) is 5.13 Å². The van der Waals surface area contributed by atoms with Gasteiger partial charge in [0.1, 0.15) is 5.82 Å². The van der Waals surface area contributed by atoms with Gasteiger partial charge in [-0.15, -0.1) is 11.3 Å². The Balaban J connectivity index is 1.59. The van der Waals surface area contributed by atoms with Gasteiger partial charge >= 0.3 is 0 Å². The summed E-state index contributed by atoms with van der Waals surface area (Å²) in [6.07, 6.45) is 5.10. The van der Waals surface area contributed by atoms with E-state index >= 15 is 0 Å². The van der Waals surface area contributed by atoms with Gasteiger partial charge in [0.2, 0.25) is 5.88 Å². The smallest absolute Gasteiger partial charge is 0.213 e. The Morgan fingerprint density at radius 3 is 2.88 bits per heavy atom. The standard InChI is InChI=1S/C19H20FN3OS/c1-2-3-4-10-24-18-9-8-16(12-21-18)22-19-23-17(13-25-19)14-6-5-7-15(20)11-14/h5-9,11-13H,2-4,10H2,1H3,(H,22,23). The molecule has 0 saturated heterocycles. The van der Waals surface area contributed by atoms with E-state index in [2.05, 4.69) is 22.2 Å². The molecule has 0 unspecified atom stereocenters. The van der Waals surface area contributed by atoms with Crippen LogP contribution in [0.4, 0.5) is 15.2 Å². The van der Waals surface area contributed by atoms with Crippen molar-refractivity contribution in [2.45, 2.75) is 26.2 Å². The van der Waals surface area contributed by atoms with Crippen molar-refractivity contribution in [2.24, 2.45) is 0 Å². The number of hydrogen-bond donors (Lipinski definition) is 1. The number of benzene rings is 1. The maximum absolute atomic E-state index is 13.3. The van der Waals surface area contributed by atoms with Gasteiger partial charge in [-0.25, -0.2) is 14.4 Å². The number of rotatable bonds is 8. The summed E-state index contributed by atoms with van der Waals surface area (Å²) in [7, 11) is 0. The molecule has 6 heteroatoms. The molecule has 3 aromatic rings. The van der Waals surface area contributed by atoms with Crippen molar-refractivity contribution in [1.29, 1.82) is 0 Å². The first kappa shape index (κ1) is 17.4. The summed E-state index contributed by atoms with van der Waals surface area (Å²) in [4.78, 5) is 8.78. The van der Waals surface area contributed by atoms with Crippen LogP contribution in [0, 0.1) is 5.82 Å². The van der Waals surface area contributed by atoms with E-state index in [1.54, 1.807) is 12.3 Å². The van der Waals surface area contributed by atoms with E-state index in [0.29, 0.717) is 12.5 Å². The molecule has 0 saturated carbocycles. The lowest BCUT2D eigenvalue weighted by atomic mass is 10.2. The van der Waals surface area contributed by atoms with Gasteiger partial charge in [0.25, 0.3) is 0 Å². The molecule has 0 fully saturated rings. The van der Waals surface area contributed by atoms with E-state index in [-0.39, 0.29) is 5.82 Å². The Morgan fingerprint density at radius 2 is 2.12 bits per heavy atom. The van der Waals surface area contributed by atoms with Crippen LogP contribution >= 0.6 is 11.3 Å². The van der Waals surface area contributed by atoms with Crippen LogP contribution in [0.15, 0.2) is 48.0 Å². The summed E-state index contributed by atoms with van der Waals surface area (Å²) < 4.78 is 18.9. The minimum atomic E-state index is -0.265. The first-order chi connectivity index (χ1) is 12.2. The van der Waals surface area contributed by atoms with Crippen molar-refractivity contribution < 1.29 is 9.13 Å². The summed E-state index contributed by atoms with van der Waals surface area (Å²) in [6.45, 7) is 2.86. The van der Waals surface area contributed by atoms with E-state index in [4.69, 9.17) is 4.74 Å². The molecule has 1 aromatic carbocycles. The van der Waals surface area contributed by atoms with E-state index in [1.165, 1.54) is 29.9 Å². The van der Waals surface area contributed by atoms with Crippen molar-refractivity contribution in [2.75, 3.05) is 11.9 Å². The van der Waals surface area contributed by atoms with Crippen LogP contribution in [0.1, 0.15) is 26.2 Å². The summed E-state index contributed by atoms with van der Waals surface area (Å²) in [5.41, 5.74) is 2.34. The number of unbranched alkanes of at least 4 members (excludes halogenated alkanes) is 2. The predicted octanol–water partition coefficient (Wildman–Crippen LogP) is 5.66. The minimum Gasteiger partial charge on any atom is -0.478 e. The maximum atomic E-state index is 13.3. The van der Waals surface area contributed by atoms with E-state index in [1.807, 2.05) is 23.6 Å². The molecule has 0 radical (unpaired) electrons. The van der Waals surface area contributed by atoms with Gasteiger partial charge in [-0.3, -0.25) is 0 Å². The third kappa shape index (κ3) is 5.00. The second-order valence-electron chi connectivity index (χ2n) is 5.61. The zero-order valence-electron chi connectivity index (χ0n) is 14.0. The highest BCUT2D eigenvalue weighted by Gasteiger charge is 2.06. The van der Waals surface area contributed by atoms with Crippen LogP contribution < -0.4 is 10.1 Å². The normalized spacial score (nSPS) is 10.6. The molecular weight excluding hydrogens is 337 g/mol. The fourth-order valence-corrected chi connectivity index (χ4v) is 3.04. The largest absolute Gasteiger partial charge is 0.478 e. The van der Waals surface area contributed by atoms with E-state index in [9.17, 15) is 4.39 Å². The second-order valence-corrected chi connectivity index (χ2v) is 6.47. The molecule has 0 bridgehead atoms. The number of thiazole rings is 1. The fourth-order valence-electron chi connectivity index (χ4n) is 2.30. The van der Waals surface area contributed by atoms with Gasteiger partial charge in [-0.05, 0) is 24.6 Å². The molecule has 2 heterocycles. The Bertz CT molecular complexity index is 804. The second kappa shape index (κ2) is 8.58. The zero-order valence-corrected chi connectivity index (χ0v) is 14.9. The van der Waals surface area contributed by atoms with Crippen LogP contribution in [-0.4, -0.2) is 16.6 Å². The van der Waals surface area contributed by atoms with Crippen molar-refractivity contribution in [3.05, 3.63) is 53.8 Å². The summed E-state index contributed by atoms with van der Waals surface area (Å²) in [5, 5.41) is 5.84. The number of halogens is 1. The van der Waals surface area contributed by atoms with Crippen molar-refractivity contribution in [3.63, 3.8) is 0 Å². The van der Waals surface area contributed by atoms with Crippen LogP contribution in [0.25, 0.3) is 11.3 Å². The average molecular weight is 357 g/mol. The summed E-state index contributed by atoms with van der Waals surface area (Å²) >= 11 is 1.46. The lowest BCUT2D eigenvalue weighted by molar-refractivity contribution is 0.295. The molecule has 0 aliphatic rings. The number of nitrogens with zero attached hydrogens (tertiary/aromatic N) is 2. The first-order valence-corrected chi connectivity index (χ1v) is 9.20. The number of ether oxygens (including phenoxy) is 1. The van der Waals surface area contributed by atoms with Crippen molar-refractivity contribution >= 4 is 22.2 Å². The molecule has 25 heavy (non-hydrogen) atoms. The van der Waals surface area contributed by atoms with Gasteiger partial charge in [0, 0.05) is 17.0 Å². The molecule has 0 aliphatic heterocycles. The van der Waals surface area contributed by atoms with E-state index < -0.39 is 0 Å². The molecular formula is C19H20FN3OS. The highest BCUT2D eigenvalue weighted by Crippen LogP contribution is 2.27. The van der Waals surface area contributed by atoms with Gasteiger partial charge < -0.3 is 10.1 Å². The zero-order chi connectivity index (χ0) is 17.5. The molecule has 1 N–H and O–H groups in total. The monoisotopic (exact) mass is 357 g/mol. The third-order valence-electron chi connectivity index (χ3n) is 3.61. The third-order valence-corrected chi connectivity index (χ3v) is 4.37. The topological polar surface area (TPSA) is 47.0 Å². The van der Waals surface area contributed by atoms with Gasteiger partial charge in [-0.1, -0.05) is 31.9 Å². The Morgan fingerprint density at radius 1 is 1.20 bits per heavy atom. The Hall–Kier alpha value is -2.47. The van der Waals surface area contributed by atoms with Crippen LogP contribution in [0.3, 0.4) is 0 Å². The average Bonchev–Trinajstić information content (AvgIpc) is 3.09. The number of aromatic nitrogens is 2.